The highest BCUT2D eigenvalue weighted by molar-refractivity contribution is 7.80. The van der Waals surface area contributed by atoms with E-state index in [1.165, 1.54) is 5.69 Å². The molecule has 0 aromatic heterocycles. The molecule has 2 aromatic carbocycles. The molecule has 1 saturated heterocycles. The van der Waals surface area contributed by atoms with Gasteiger partial charge in [-0.25, -0.2) is 0 Å². The number of nitrogens with zero attached hydrogens (tertiary/aromatic N) is 2. The van der Waals surface area contributed by atoms with E-state index in [-0.39, 0.29) is 12.6 Å². The molecule has 25 heavy (non-hydrogen) atoms. The maximum atomic E-state index is 9.72. The van der Waals surface area contributed by atoms with E-state index in [0.29, 0.717) is 4.99 Å². The fourth-order valence-electron chi connectivity index (χ4n) is 3.15. The van der Waals surface area contributed by atoms with Crippen molar-refractivity contribution in [1.29, 1.82) is 0 Å². The van der Waals surface area contributed by atoms with Crippen LogP contribution in [0.15, 0.2) is 60.7 Å². The molecule has 0 spiro atoms. The monoisotopic (exact) mass is 355 g/mol. The number of para-hydroxylation sites is 1. The van der Waals surface area contributed by atoms with Crippen LogP contribution in [0.5, 0.6) is 0 Å². The average Bonchev–Trinajstić information content (AvgIpc) is 2.69. The molecule has 5 heteroatoms. The Morgan fingerprint density at radius 1 is 0.960 bits per heavy atom. The van der Waals surface area contributed by atoms with Gasteiger partial charge in [-0.15, -0.1) is 0 Å². The topological polar surface area (TPSA) is 38.7 Å². The van der Waals surface area contributed by atoms with E-state index < -0.39 is 0 Å². The van der Waals surface area contributed by atoms with Crippen molar-refractivity contribution >= 4 is 22.9 Å². The molecular weight excluding hydrogens is 330 g/mol. The van der Waals surface area contributed by atoms with Crippen molar-refractivity contribution < 1.29 is 5.11 Å². The van der Waals surface area contributed by atoms with E-state index in [1.807, 2.05) is 36.4 Å². The molecule has 0 aliphatic carbocycles. The Bertz CT molecular complexity index is 657. The number of thiocarbonyl (C=S) groups is 1. The normalized spacial score (nSPS) is 16.4. The van der Waals surface area contributed by atoms with Crippen molar-refractivity contribution in [2.24, 2.45) is 0 Å². The molecule has 2 aromatic rings. The minimum absolute atomic E-state index is 0.0454. The number of benzene rings is 2. The number of anilines is 1. The zero-order valence-corrected chi connectivity index (χ0v) is 15.2. The van der Waals surface area contributed by atoms with Crippen molar-refractivity contribution in [3.63, 3.8) is 0 Å². The van der Waals surface area contributed by atoms with Crippen molar-refractivity contribution in [1.82, 2.24) is 10.2 Å². The number of nitrogens with one attached hydrogen (secondary N) is 1. The Morgan fingerprint density at radius 3 is 2.16 bits per heavy atom. The van der Waals surface area contributed by atoms with E-state index in [2.05, 4.69) is 39.4 Å². The Morgan fingerprint density at radius 2 is 1.56 bits per heavy atom. The van der Waals surface area contributed by atoms with Gasteiger partial charge in [0, 0.05) is 44.0 Å². The first-order chi connectivity index (χ1) is 12.3. The van der Waals surface area contributed by atoms with Crippen LogP contribution in [0.1, 0.15) is 5.56 Å². The number of hydrogen-bond donors (Lipinski definition) is 2. The number of aliphatic hydroxyl groups excluding tert-OH is 1. The van der Waals surface area contributed by atoms with E-state index in [4.69, 9.17) is 12.2 Å². The minimum Gasteiger partial charge on any atom is -0.394 e. The van der Waals surface area contributed by atoms with Crippen LogP contribution in [0.4, 0.5) is 5.69 Å². The number of aliphatic hydroxyl groups is 1. The van der Waals surface area contributed by atoms with Gasteiger partial charge in [0.1, 0.15) is 4.99 Å². The molecule has 1 fully saturated rings. The van der Waals surface area contributed by atoms with Crippen LogP contribution < -0.4 is 10.2 Å². The zero-order chi connectivity index (χ0) is 17.5. The van der Waals surface area contributed by atoms with Crippen molar-refractivity contribution in [2.45, 2.75) is 6.04 Å². The zero-order valence-electron chi connectivity index (χ0n) is 14.3. The highest BCUT2D eigenvalue weighted by atomic mass is 32.1. The molecule has 0 saturated carbocycles. The molecule has 4 nitrogen and oxygen atoms in total. The predicted molar refractivity (Wildman–Crippen MR) is 107 cm³/mol. The highest BCUT2D eigenvalue weighted by Crippen LogP contribution is 2.15. The van der Waals surface area contributed by atoms with E-state index >= 15 is 0 Å². The SMILES string of the molecule is OCC(CN1CCN(c2ccccc2)CC1)NC(=S)c1ccccc1. The lowest BCUT2D eigenvalue weighted by atomic mass is 10.2. The van der Waals surface area contributed by atoms with Crippen LogP contribution in [-0.2, 0) is 0 Å². The molecule has 1 heterocycles. The van der Waals surface area contributed by atoms with Crippen LogP contribution in [0.2, 0.25) is 0 Å². The first kappa shape index (κ1) is 17.9. The lowest BCUT2D eigenvalue weighted by Gasteiger charge is -2.37. The summed E-state index contributed by atoms with van der Waals surface area (Å²) >= 11 is 5.46. The summed E-state index contributed by atoms with van der Waals surface area (Å²) < 4.78 is 0. The maximum Gasteiger partial charge on any atom is 0.106 e. The van der Waals surface area contributed by atoms with Crippen LogP contribution in [-0.4, -0.2) is 60.4 Å². The molecule has 1 unspecified atom stereocenters. The minimum atomic E-state index is -0.0454. The Hall–Kier alpha value is -1.95. The predicted octanol–water partition coefficient (Wildman–Crippen LogP) is 2.13. The van der Waals surface area contributed by atoms with Crippen LogP contribution >= 0.6 is 12.2 Å². The van der Waals surface area contributed by atoms with Gasteiger partial charge in [-0.1, -0.05) is 60.7 Å². The van der Waals surface area contributed by atoms with Gasteiger partial charge >= 0.3 is 0 Å². The third kappa shape index (κ3) is 5.01. The summed E-state index contributed by atoms with van der Waals surface area (Å²) in [7, 11) is 0. The highest BCUT2D eigenvalue weighted by Gasteiger charge is 2.20. The van der Waals surface area contributed by atoms with E-state index in [9.17, 15) is 5.11 Å². The Labute approximate surface area is 155 Å². The third-order valence-electron chi connectivity index (χ3n) is 4.56. The molecule has 0 radical (unpaired) electrons. The fourth-order valence-corrected chi connectivity index (χ4v) is 3.45. The summed E-state index contributed by atoms with van der Waals surface area (Å²) in [5.41, 5.74) is 2.27. The van der Waals surface area contributed by atoms with Crippen molar-refractivity contribution in [3.8, 4) is 0 Å². The second kappa shape index (κ2) is 8.94. The van der Waals surface area contributed by atoms with Gasteiger partial charge in [0.15, 0.2) is 0 Å². The van der Waals surface area contributed by atoms with Gasteiger partial charge in [-0.2, -0.15) is 0 Å². The van der Waals surface area contributed by atoms with E-state index in [0.717, 1.165) is 38.3 Å². The average molecular weight is 356 g/mol. The van der Waals surface area contributed by atoms with Crippen LogP contribution in [0.3, 0.4) is 0 Å². The van der Waals surface area contributed by atoms with Crippen LogP contribution in [0, 0.1) is 0 Å². The van der Waals surface area contributed by atoms with Gasteiger partial charge in [-0.3, -0.25) is 4.90 Å². The first-order valence-electron chi connectivity index (χ1n) is 8.75. The standard InChI is InChI=1S/C20H25N3OS/c24-16-18(21-20(25)17-7-3-1-4-8-17)15-22-11-13-23(14-12-22)19-9-5-2-6-10-19/h1-10,18,24H,11-16H2,(H,21,25). The summed E-state index contributed by atoms with van der Waals surface area (Å²) in [5.74, 6) is 0. The van der Waals surface area contributed by atoms with Gasteiger partial charge in [0.25, 0.3) is 0 Å². The molecule has 3 rings (SSSR count). The first-order valence-corrected chi connectivity index (χ1v) is 9.16. The lowest BCUT2D eigenvalue weighted by molar-refractivity contribution is 0.186. The fraction of sp³-hybridized carbons (Fsp3) is 0.350. The number of hydrogen-bond acceptors (Lipinski definition) is 4. The summed E-state index contributed by atoms with van der Waals surface area (Å²) in [6, 6.07) is 20.4. The Kier molecular flexibility index (Phi) is 6.39. The second-order valence-corrected chi connectivity index (χ2v) is 6.75. The molecule has 1 aliphatic heterocycles. The molecule has 1 atom stereocenters. The van der Waals surface area contributed by atoms with Gasteiger partial charge in [0.05, 0.1) is 12.6 Å². The lowest BCUT2D eigenvalue weighted by Crippen LogP contribution is -2.52. The molecular formula is C20H25N3OS. The smallest absolute Gasteiger partial charge is 0.106 e. The molecule has 0 bridgehead atoms. The molecule has 0 amide bonds. The van der Waals surface area contributed by atoms with Gasteiger partial charge in [0.2, 0.25) is 0 Å². The molecule has 132 valence electrons. The summed E-state index contributed by atoms with van der Waals surface area (Å²) in [6.45, 7) is 4.87. The number of rotatable bonds is 6. The summed E-state index contributed by atoms with van der Waals surface area (Å²) in [5, 5.41) is 13.0. The van der Waals surface area contributed by atoms with Gasteiger partial charge < -0.3 is 15.3 Å². The summed E-state index contributed by atoms with van der Waals surface area (Å²) in [4.78, 5) is 5.50. The third-order valence-corrected chi connectivity index (χ3v) is 4.92. The Balaban J connectivity index is 1.49. The number of piperazine rings is 1. The molecule has 2 N–H and O–H groups in total. The maximum absolute atomic E-state index is 9.72. The van der Waals surface area contributed by atoms with Gasteiger partial charge in [-0.05, 0) is 12.1 Å². The van der Waals surface area contributed by atoms with Crippen molar-refractivity contribution in [2.75, 3.05) is 44.2 Å². The largest absolute Gasteiger partial charge is 0.394 e. The summed E-state index contributed by atoms with van der Waals surface area (Å²) in [6.07, 6.45) is 0. The van der Waals surface area contributed by atoms with E-state index in [1.54, 1.807) is 0 Å². The quantitative estimate of drug-likeness (QED) is 0.777. The molecule has 1 aliphatic rings. The van der Waals surface area contributed by atoms with Crippen LogP contribution in [0.25, 0.3) is 0 Å². The van der Waals surface area contributed by atoms with Crippen molar-refractivity contribution in [3.05, 3.63) is 66.2 Å². The second-order valence-electron chi connectivity index (χ2n) is 6.34.